The molecule has 4 nitrogen and oxygen atoms in total. The molecule has 3 N–H and O–H groups in total. The normalized spacial score (nSPS) is 18.4. The summed E-state index contributed by atoms with van der Waals surface area (Å²) in [6, 6.07) is 5.65. The Morgan fingerprint density at radius 1 is 1.48 bits per heavy atom. The van der Waals surface area contributed by atoms with Gasteiger partial charge in [0.05, 0.1) is 12.1 Å². The number of hydrogen-bond acceptors (Lipinski definition) is 2. The molecule has 0 bridgehead atoms. The van der Waals surface area contributed by atoms with Crippen LogP contribution in [0.15, 0.2) is 18.2 Å². The first-order valence-electron chi connectivity index (χ1n) is 7.48. The molecule has 2 unspecified atom stereocenters. The molecule has 1 aliphatic rings. The van der Waals surface area contributed by atoms with E-state index < -0.39 is 0 Å². The Hall–Kier alpha value is -1.26. The Balaban J connectivity index is 1.81. The second kappa shape index (κ2) is 7.14. The largest absolute Gasteiger partial charge is 0.393 e. The molecule has 0 radical (unpaired) electrons. The smallest absolute Gasteiger partial charge is 0.315 e. The first-order valence-corrected chi connectivity index (χ1v) is 7.86. The maximum Gasteiger partial charge on any atom is 0.315 e. The Bertz CT molecular complexity index is 505. The summed E-state index contributed by atoms with van der Waals surface area (Å²) in [4.78, 5) is 11.9. The van der Waals surface area contributed by atoms with Gasteiger partial charge >= 0.3 is 6.03 Å². The number of carbonyl (C=O) groups excluding carboxylic acids is 1. The minimum absolute atomic E-state index is 0.0220. The van der Waals surface area contributed by atoms with Crippen LogP contribution in [-0.4, -0.2) is 23.8 Å². The second-order valence-corrected chi connectivity index (χ2v) is 6.31. The molecule has 2 amide bonds. The topological polar surface area (TPSA) is 61.4 Å². The lowest BCUT2D eigenvalue weighted by molar-refractivity contribution is 0.116. The van der Waals surface area contributed by atoms with Crippen molar-refractivity contribution >= 4 is 17.6 Å². The molecule has 0 saturated carbocycles. The molecule has 0 aromatic heterocycles. The van der Waals surface area contributed by atoms with Gasteiger partial charge in [0.15, 0.2) is 0 Å². The molecule has 0 aliphatic heterocycles. The highest BCUT2D eigenvalue weighted by Crippen LogP contribution is 2.35. The second-order valence-electron chi connectivity index (χ2n) is 5.90. The van der Waals surface area contributed by atoms with Crippen LogP contribution in [0.25, 0.3) is 0 Å². The van der Waals surface area contributed by atoms with Crippen LogP contribution in [0, 0.1) is 5.92 Å². The summed E-state index contributed by atoms with van der Waals surface area (Å²) < 4.78 is 0. The minimum Gasteiger partial charge on any atom is -0.393 e. The van der Waals surface area contributed by atoms with E-state index in [2.05, 4.69) is 10.6 Å². The number of carbonyl (C=O) groups is 1. The lowest BCUT2D eigenvalue weighted by atomic mass is 10.0. The molecular weight excluding hydrogens is 288 g/mol. The van der Waals surface area contributed by atoms with Gasteiger partial charge in [-0.3, -0.25) is 0 Å². The summed E-state index contributed by atoms with van der Waals surface area (Å²) in [7, 11) is 0. The van der Waals surface area contributed by atoms with Crippen molar-refractivity contribution in [3.8, 4) is 0 Å². The van der Waals surface area contributed by atoms with E-state index in [1.165, 1.54) is 0 Å². The third-order valence-electron chi connectivity index (χ3n) is 4.01. The van der Waals surface area contributed by atoms with Gasteiger partial charge in [-0.05, 0) is 42.4 Å². The summed E-state index contributed by atoms with van der Waals surface area (Å²) in [6.45, 7) is 4.40. The molecule has 21 heavy (non-hydrogen) atoms. The van der Waals surface area contributed by atoms with Crippen molar-refractivity contribution in [3.63, 3.8) is 0 Å². The lowest BCUT2D eigenvalue weighted by Crippen LogP contribution is -2.38. The summed E-state index contributed by atoms with van der Waals surface area (Å²) in [6.07, 6.45) is 1.96. The molecule has 1 aromatic rings. The Morgan fingerprint density at radius 3 is 2.95 bits per heavy atom. The van der Waals surface area contributed by atoms with E-state index in [0.717, 1.165) is 29.0 Å². The van der Waals surface area contributed by atoms with E-state index in [-0.39, 0.29) is 24.1 Å². The van der Waals surface area contributed by atoms with Gasteiger partial charge in [0.2, 0.25) is 0 Å². The predicted molar refractivity (Wildman–Crippen MR) is 84.5 cm³/mol. The average Bonchev–Trinajstić information content (AvgIpc) is 2.83. The van der Waals surface area contributed by atoms with Gasteiger partial charge in [-0.2, -0.15) is 0 Å². The molecule has 0 heterocycles. The molecule has 5 heteroatoms. The van der Waals surface area contributed by atoms with Gasteiger partial charge in [-0.15, -0.1) is 0 Å². The van der Waals surface area contributed by atoms with Crippen LogP contribution in [0.2, 0.25) is 5.02 Å². The van der Waals surface area contributed by atoms with E-state index in [1.54, 1.807) is 0 Å². The zero-order chi connectivity index (χ0) is 15.4. The maximum absolute atomic E-state index is 11.9. The molecule has 2 rings (SSSR count). The summed E-state index contributed by atoms with van der Waals surface area (Å²) >= 11 is 6.16. The standard InChI is InChI=1S/C16H23ClN2O2/c1-10(2)15(20)8-9-18-16(21)19-14-7-6-11-12(14)4-3-5-13(11)17/h3-5,10,14-15,20H,6-9H2,1-2H3,(H2,18,19,21). The van der Waals surface area contributed by atoms with E-state index in [4.69, 9.17) is 11.6 Å². The van der Waals surface area contributed by atoms with E-state index in [1.807, 2.05) is 32.0 Å². The van der Waals surface area contributed by atoms with Crippen molar-refractivity contribution in [1.29, 1.82) is 0 Å². The number of amides is 2. The maximum atomic E-state index is 11.9. The van der Waals surface area contributed by atoms with Crippen LogP contribution in [0.1, 0.15) is 43.9 Å². The first kappa shape index (κ1) is 16.1. The van der Waals surface area contributed by atoms with Crippen LogP contribution >= 0.6 is 11.6 Å². The third kappa shape index (κ3) is 4.11. The van der Waals surface area contributed by atoms with E-state index in [0.29, 0.717) is 13.0 Å². The summed E-state index contributed by atoms with van der Waals surface area (Å²) in [5.41, 5.74) is 2.25. The lowest BCUT2D eigenvalue weighted by Gasteiger charge is -2.17. The molecule has 1 aliphatic carbocycles. The summed E-state index contributed by atoms with van der Waals surface area (Å²) in [5, 5.41) is 16.2. The SMILES string of the molecule is CC(C)C(O)CCNC(=O)NC1CCc2c(Cl)cccc21. The van der Waals surface area contributed by atoms with E-state index in [9.17, 15) is 9.90 Å². The Kier molecular flexibility index (Phi) is 5.48. The fourth-order valence-corrected chi connectivity index (χ4v) is 2.91. The van der Waals surface area contributed by atoms with Crippen LogP contribution in [0.4, 0.5) is 4.79 Å². The molecular formula is C16H23ClN2O2. The number of hydrogen-bond donors (Lipinski definition) is 3. The van der Waals surface area contributed by atoms with Crippen molar-refractivity contribution in [2.24, 2.45) is 5.92 Å². The van der Waals surface area contributed by atoms with Crippen molar-refractivity contribution in [2.45, 2.75) is 45.3 Å². The number of benzene rings is 1. The number of fused-ring (bicyclic) bond motifs is 1. The number of aliphatic hydroxyl groups is 1. The van der Waals surface area contributed by atoms with Gasteiger partial charge in [-0.1, -0.05) is 37.6 Å². The van der Waals surface area contributed by atoms with Crippen LogP contribution in [-0.2, 0) is 6.42 Å². The Morgan fingerprint density at radius 2 is 2.24 bits per heavy atom. The highest BCUT2D eigenvalue weighted by Gasteiger charge is 2.25. The predicted octanol–water partition coefficient (Wildman–Crippen LogP) is 3.03. The highest BCUT2D eigenvalue weighted by molar-refractivity contribution is 6.31. The quantitative estimate of drug-likeness (QED) is 0.783. The molecule has 1 aromatic carbocycles. The van der Waals surface area contributed by atoms with Crippen molar-refractivity contribution in [1.82, 2.24) is 10.6 Å². The van der Waals surface area contributed by atoms with Crippen molar-refractivity contribution in [3.05, 3.63) is 34.3 Å². The highest BCUT2D eigenvalue weighted by atomic mass is 35.5. The molecule has 116 valence electrons. The fourth-order valence-electron chi connectivity index (χ4n) is 2.64. The monoisotopic (exact) mass is 310 g/mol. The van der Waals surface area contributed by atoms with Crippen LogP contribution in [0.3, 0.4) is 0 Å². The molecule has 0 spiro atoms. The van der Waals surface area contributed by atoms with Gasteiger partial charge in [0.1, 0.15) is 0 Å². The average molecular weight is 311 g/mol. The van der Waals surface area contributed by atoms with Gasteiger partial charge in [-0.25, -0.2) is 4.79 Å². The Labute approximate surface area is 130 Å². The number of aliphatic hydroxyl groups excluding tert-OH is 1. The number of rotatable bonds is 5. The number of nitrogens with one attached hydrogen (secondary N) is 2. The zero-order valence-electron chi connectivity index (χ0n) is 12.5. The fraction of sp³-hybridized carbons (Fsp3) is 0.562. The first-order chi connectivity index (χ1) is 9.99. The van der Waals surface area contributed by atoms with Gasteiger partial charge in [0, 0.05) is 11.6 Å². The van der Waals surface area contributed by atoms with E-state index >= 15 is 0 Å². The number of urea groups is 1. The molecule has 2 atom stereocenters. The molecule has 0 saturated heterocycles. The van der Waals surface area contributed by atoms with Gasteiger partial charge in [0.25, 0.3) is 0 Å². The number of halogens is 1. The minimum atomic E-state index is -0.378. The van der Waals surface area contributed by atoms with Crippen molar-refractivity contribution < 1.29 is 9.90 Å². The molecule has 0 fully saturated rings. The zero-order valence-corrected chi connectivity index (χ0v) is 13.3. The van der Waals surface area contributed by atoms with Crippen LogP contribution in [0.5, 0.6) is 0 Å². The van der Waals surface area contributed by atoms with Crippen molar-refractivity contribution in [2.75, 3.05) is 6.54 Å². The van der Waals surface area contributed by atoms with Gasteiger partial charge < -0.3 is 15.7 Å². The third-order valence-corrected chi connectivity index (χ3v) is 4.37. The van der Waals surface area contributed by atoms with Crippen LogP contribution < -0.4 is 10.6 Å². The summed E-state index contributed by atoms with van der Waals surface area (Å²) in [5.74, 6) is 0.207.